The summed E-state index contributed by atoms with van der Waals surface area (Å²) in [5.41, 5.74) is 2.60. The molecular weight excluding hydrogens is 348 g/mol. The molecule has 144 valence electrons. The second-order valence-electron chi connectivity index (χ2n) is 7.22. The smallest absolute Gasteiger partial charge is 0.255 e. The minimum absolute atomic E-state index is 0.138. The maximum absolute atomic E-state index is 12.8. The van der Waals surface area contributed by atoms with E-state index in [4.69, 9.17) is 4.74 Å². The predicted molar refractivity (Wildman–Crippen MR) is 96.8 cm³/mol. The summed E-state index contributed by atoms with van der Waals surface area (Å²) in [6.07, 6.45) is 0.815. The van der Waals surface area contributed by atoms with Gasteiger partial charge in [-0.25, -0.2) is 0 Å². The number of rotatable bonds is 5. The van der Waals surface area contributed by atoms with Crippen molar-refractivity contribution in [3.05, 3.63) is 34.9 Å². The van der Waals surface area contributed by atoms with E-state index in [0.717, 1.165) is 37.4 Å². The molecule has 3 N–H and O–H groups in total. The van der Waals surface area contributed by atoms with Gasteiger partial charge in [0.25, 0.3) is 5.91 Å². The number of hydrogen-bond donors (Lipinski definition) is 3. The fourth-order valence-electron chi connectivity index (χ4n) is 3.84. The molecule has 8 heteroatoms. The van der Waals surface area contributed by atoms with Gasteiger partial charge >= 0.3 is 0 Å². The molecule has 4 rings (SSSR count). The largest absolute Gasteiger partial charge is 0.374 e. The van der Waals surface area contributed by atoms with Crippen LogP contribution in [-0.2, 0) is 27.4 Å². The zero-order valence-electron chi connectivity index (χ0n) is 15.1. The number of nitrogens with one attached hydrogen (secondary N) is 3. The van der Waals surface area contributed by atoms with Crippen molar-refractivity contribution in [3.8, 4) is 0 Å². The lowest BCUT2D eigenvalue weighted by molar-refractivity contribution is -0.136. The first-order chi connectivity index (χ1) is 13.1. The van der Waals surface area contributed by atoms with Crippen molar-refractivity contribution >= 4 is 17.7 Å². The van der Waals surface area contributed by atoms with E-state index in [1.54, 1.807) is 4.90 Å². The number of carbonyl (C=O) groups is 3. The molecule has 0 saturated carbocycles. The fraction of sp³-hybridized carbons (Fsp3) is 0.526. The number of imide groups is 1. The number of amides is 3. The Morgan fingerprint density at radius 1 is 1.26 bits per heavy atom. The van der Waals surface area contributed by atoms with Gasteiger partial charge in [0.1, 0.15) is 6.04 Å². The maximum Gasteiger partial charge on any atom is 0.255 e. The highest BCUT2D eigenvalue weighted by Gasteiger charge is 2.39. The molecule has 27 heavy (non-hydrogen) atoms. The number of nitrogens with zero attached hydrogens (tertiary/aromatic N) is 1. The van der Waals surface area contributed by atoms with Crippen LogP contribution in [0.5, 0.6) is 0 Å². The Hall–Kier alpha value is -2.29. The second-order valence-corrected chi connectivity index (χ2v) is 7.22. The number of ether oxygens (including phenoxy) is 1. The Balaban J connectivity index is 1.37. The molecule has 2 saturated heterocycles. The Labute approximate surface area is 157 Å². The molecule has 0 spiro atoms. The average Bonchev–Trinajstić information content (AvgIpc) is 2.99. The van der Waals surface area contributed by atoms with Crippen molar-refractivity contribution in [1.82, 2.24) is 20.9 Å². The number of fused-ring (bicyclic) bond motifs is 1. The highest BCUT2D eigenvalue weighted by molar-refractivity contribution is 6.05. The third kappa shape index (κ3) is 3.87. The summed E-state index contributed by atoms with van der Waals surface area (Å²) in [6.45, 7) is 4.29. The first-order valence-electron chi connectivity index (χ1n) is 9.41. The van der Waals surface area contributed by atoms with Gasteiger partial charge < -0.3 is 20.3 Å². The molecule has 8 nitrogen and oxygen atoms in total. The van der Waals surface area contributed by atoms with Crippen LogP contribution in [-0.4, -0.2) is 61.0 Å². The van der Waals surface area contributed by atoms with Crippen molar-refractivity contribution in [2.24, 2.45) is 0 Å². The van der Waals surface area contributed by atoms with Gasteiger partial charge in [-0.05, 0) is 23.6 Å². The standard InChI is InChI=1S/C19H24N4O4/c24-17-4-3-16(18(25)22-17)23-11-13-2-1-12(7-15(13)19(23)26)8-21-10-14-9-20-5-6-27-14/h1-2,7,14,16,20-21H,3-6,8-11H2,(H,22,24,25)/t14-,16?/m0/s1. The highest BCUT2D eigenvalue weighted by atomic mass is 16.5. The number of carbonyl (C=O) groups excluding carboxylic acids is 3. The van der Waals surface area contributed by atoms with E-state index in [0.29, 0.717) is 25.1 Å². The van der Waals surface area contributed by atoms with E-state index in [1.807, 2.05) is 18.2 Å². The zero-order valence-corrected chi connectivity index (χ0v) is 15.1. The molecule has 3 heterocycles. The normalized spacial score (nSPS) is 25.5. The van der Waals surface area contributed by atoms with Gasteiger partial charge in [-0.3, -0.25) is 19.7 Å². The van der Waals surface area contributed by atoms with Crippen LogP contribution < -0.4 is 16.0 Å². The molecule has 0 bridgehead atoms. The van der Waals surface area contributed by atoms with Crippen LogP contribution in [0.4, 0.5) is 0 Å². The van der Waals surface area contributed by atoms with Crippen LogP contribution in [0.3, 0.4) is 0 Å². The van der Waals surface area contributed by atoms with Gasteiger partial charge in [-0.1, -0.05) is 12.1 Å². The number of morpholine rings is 1. The van der Waals surface area contributed by atoms with Crippen molar-refractivity contribution in [2.75, 3.05) is 26.2 Å². The minimum atomic E-state index is -0.569. The van der Waals surface area contributed by atoms with E-state index in [1.165, 1.54) is 0 Å². The third-order valence-electron chi connectivity index (χ3n) is 5.30. The van der Waals surface area contributed by atoms with Crippen LogP contribution in [0.2, 0.25) is 0 Å². The summed E-state index contributed by atoms with van der Waals surface area (Å²) in [5, 5.41) is 8.99. The monoisotopic (exact) mass is 372 g/mol. The highest BCUT2D eigenvalue weighted by Crippen LogP contribution is 2.28. The van der Waals surface area contributed by atoms with E-state index in [2.05, 4.69) is 16.0 Å². The summed E-state index contributed by atoms with van der Waals surface area (Å²) in [7, 11) is 0. The molecule has 1 unspecified atom stereocenters. The molecule has 3 aliphatic heterocycles. The lowest BCUT2D eigenvalue weighted by atomic mass is 10.0. The van der Waals surface area contributed by atoms with Crippen LogP contribution in [0, 0.1) is 0 Å². The summed E-state index contributed by atoms with van der Waals surface area (Å²) in [5.74, 6) is -0.789. The van der Waals surface area contributed by atoms with Crippen LogP contribution in [0.15, 0.2) is 18.2 Å². The van der Waals surface area contributed by atoms with Crippen molar-refractivity contribution in [3.63, 3.8) is 0 Å². The molecule has 2 atom stereocenters. The molecule has 1 aromatic rings. The van der Waals surface area contributed by atoms with Crippen LogP contribution >= 0.6 is 0 Å². The van der Waals surface area contributed by atoms with Gasteiger partial charge in [0.2, 0.25) is 11.8 Å². The molecule has 3 aliphatic rings. The lowest BCUT2D eigenvalue weighted by Gasteiger charge is -2.29. The van der Waals surface area contributed by atoms with Crippen LogP contribution in [0.1, 0.15) is 34.3 Å². The molecular formula is C19H24N4O4. The summed E-state index contributed by atoms with van der Waals surface area (Å²) < 4.78 is 5.66. The summed E-state index contributed by atoms with van der Waals surface area (Å²) in [6, 6.07) is 5.29. The molecule has 0 aliphatic carbocycles. The topological polar surface area (TPSA) is 99.8 Å². The van der Waals surface area contributed by atoms with E-state index < -0.39 is 6.04 Å². The summed E-state index contributed by atoms with van der Waals surface area (Å²) >= 11 is 0. The fourth-order valence-corrected chi connectivity index (χ4v) is 3.84. The van der Waals surface area contributed by atoms with Crippen molar-refractivity contribution in [1.29, 1.82) is 0 Å². The predicted octanol–water partition coefficient (Wildman–Crippen LogP) is -0.474. The van der Waals surface area contributed by atoms with Gasteiger partial charge in [0.15, 0.2) is 0 Å². The first kappa shape index (κ1) is 18.1. The van der Waals surface area contributed by atoms with E-state index >= 15 is 0 Å². The second kappa shape index (κ2) is 7.75. The molecule has 3 amide bonds. The summed E-state index contributed by atoms with van der Waals surface area (Å²) in [4.78, 5) is 37.8. The Kier molecular flexibility index (Phi) is 5.20. The van der Waals surface area contributed by atoms with Crippen LogP contribution in [0.25, 0.3) is 0 Å². The third-order valence-corrected chi connectivity index (χ3v) is 5.30. The molecule has 1 aromatic carbocycles. The van der Waals surface area contributed by atoms with Gasteiger partial charge in [-0.15, -0.1) is 0 Å². The number of piperidine rings is 1. The van der Waals surface area contributed by atoms with Crippen molar-refractivity contribution < 1.29 is 19.1 Å². The Bertz CT molecular complexity index is 760. The zero-order chi connectivity index (χ0) is 18.8. The maximum atomic E-state index is 12.8. The molecule has 2 fully saturated rings. The van der Waals surface area contributed by atoms with Crippen molar-refractivity contribution in [2.45, 2.75) is 38.1 Å². The average molecular weight is 372 g/mol. The number of hydrogen-bond acceptors (Lipinski definition) is 6. The Morgan fingerprint density at radius 2 is 2.15 bits per heavy atom. The van der Waals surface area contributed by atoms with Gasteiger partial charge in [0.05, 0.1) is 12.7 Å². The van der Waals surface area contributed by atoms with E-state index in [-0.39, 0.29) is 30.2 Å². The SMILES string of the molecule is O=C1CCC(N2Cc3ccc(CNC[C@@H]4CNCCO4)cc3C2=O)C(=O)N1. The van der Waals surface area contributed by atoms with Gasteiger partial charge in [0, 0.05) is 44.7 Å². The lowest BCUT2D eigenvalue weighted by Crippen LogP contribution is -2.52. The Morgan fingerprint density at radius 3 is 2.93 bits per heavy atom. The molecule has 0 radical (unpaired) electrons. The number of benzene rings is 1. The van der Waals surface area contributed by atoms with Gasteiger partial charge in [-0.2, -0.15) is 0 Å². The van der Waals surface area contributed by atoms with E-state index in [9.17, 15) is 14.4 Å². The quantitative estimate of drug-likeness (QED) is 0.604. The minimum Gasteiger partial charge on any atom is -0.374 e. The first-order valence-corrected chi connectivity index (χ1v) is 9.41. The molecule has 0 aromatic heterocycles.